The molecule has 200 valence electrons. The number of ether oxygens (including phenoxy) is 1. The number of anilines is 1. The molecule has 1 rings (SSSR count). The van der Waals surface area contributed by atoms with Crippen molar-refractivity contribution in [1.29, 1.82) is 0 Å². The van der Waals surface area contributed by atoms with Gasteiger partial charge in [-0.15, -0.1) is 0 Å². The van der Waals surface area contributed by atoms with E-state index in [4.69, 9.17) is 4.74 Å². The number of nitrogens with zero attached hydrogens (tertiary/aromatic N) is 2. The maximum Gasteiger partial charge on any atom is 0.422 e. The Morgan fingerprint density at radius 3 is 1.77 bits per heavy atom. The fraction of sp³-hybridized carbons (Fsp3) is 0.724. The lowest BCUT2D eigenvalue weighted by Crippen LogP contribution is -2.36. The van der Waals surface area contributed by atoms with E-state index in [1.54, 1.807) is 19.0 Å². The number of hydrogen-bond donors (Lipinski definition) is 1. The number of nitrogens with one attached hydrogen (secondary N) is 1. The van der Waals surface area contributed by atoms with E-state index in [0.29, 0.717) is 6.54 Å². The van der Waals surface area contributed by atoms with Gasteiger partial charge in [0, 0.05) is 31.9 Å². The molecule has 0 radical (unpaired) electrons. The van der Waals surface area contributed by atoms with Crippen molar-refractivity contribution in [2.45, 2.75) is 116 Å². The molecule has 0 saturated carbocycles. The number of hydrogen-bond acceptors (Lipinski definition) is 4. The van der Waals surface area contributed by atoms with Gasteiger partial charge in [-0.1, -0.05) is 121 Å². The topological polar surface area (TPSA) is 61.9 Å². The van der Waals surface area contributed by atoms with Crippen molar-refractivity contribution < 1.29 is 14.3 Å². The third-order valence-corrected chi connectivity index (χ3v) is 6.35. The third kappa shape index (κ3) is 16.3. The zero-order valence-electron chi connectivity index (χ0n) is 22.7. The lowest BCUT2D eigenvalue weighted by atomic mass is 10.0. The summed E-state index contributed by atoms with van der Waals surface area (Å²) in [6.45, 7) is 3.08. The van der Waals surface area contributed by atoms with Crippen LogP contribution in [0.15, 0.2) is 24.3 Å². The Morgan fingerprint density at radius 2 is 1.29 bits per heavy atom. The highest BCUT2D eigenvalue weighted by atomic mass is 16.6. The van der Waals surface area contributed by atoms with Gasteiger partial charge in [0.05, 0.1) is 0 Å². The highest BCUT2D eigenvalue weighted by Gasteiger charge is 2.12. The Bertz CT molecular complexity index is 666. The number of unbranched alkanes of at least 4 members (excludes halogenated alkanes) is 15. The number of hydrazine groups is 1. The molecule has 1 N–H and O–H groups in total. The standard InChI is InChI=1S/C29H51N3O3/c1-4-5-6-7-8-9-10-11-12-13-14-15-16-17-18-21-24-32(26-33)28-23-20-19-22-27(28)25-35-29(34)30-31(2)3/h19-20,22-23,26H,4-18,21,24-25H2,1-3H3,(H,30,34). The molecule has 0 unspecified atom stereocenters. The van der Waals surface area contributed by atoms with Gasteiger partial charge in [0.2, 0.25) is 6.41 Å². The van der Waals surface area contributed by atoms with Crippen molar-refractivity contribution in [3.8, 4) is 0 Å². The molecule has 0 bridgehead atoms. The van der Waals surface area contributed by atoms with E-state index in [1.165, 1.54) is 94.9 Å². The number of benzene rings is 1. The number of rotatable bonds is 22. The Balaban J connectivity index is 2.11. The average Bonchev–Trinajstić information content (AvgIpc) is 2.85. The van der Waals surface area contributed by atoms with E-state index in [-0.39, 0.29) is 6.61 Å². The average molecular weight is 490 g/mol. The van der Waals surface area contributed by atoms with Gasteiger partial charge in [-0.25, -0.2) is 9.80 Å². The molecule has 0 spiro atoms. The normalized spacial score (nSPS) is 11.0. The molecule has 0 aliphatic heterocycles. The summed E-state index contributed by atoms with van der Waals surface area (Å²) in [6.07, 6.45) is 21.7. The molecule has 35 heavy (non-hydrogen) atoms. The van der Waals surface area contributed by atoms with Crippen LogP contribution in [0.1, 0.15) is 115 Å². The van der Waals surface area contributed by atoms with Crippen LogP contribution >= 0.6 is 0 Å². The maximum absolute atomic E-state index is 11.8. The summed E-state index contributed by atoms with van der Waals surface area (Å²) in [6, 6.07) is 7.60. The fourth-order valence-corrected chi connectivity index (χ4v) is 4.33. The molecule has 6 heteroatoms. The molecule has 0 fully saturated rings. The van der Waals surface area contributed by atoms with Crippen molar-refractivity contribution in [2.24, 2.45) is 0 Å². The lowest BCUT2D eigenvalue weighted by Gasteiger charge is -2.21. The number of para-hydroxylation sites is 1. The molecule has 0 atom stereocenters. The molecule has 0 heterocycles. The maximum atomic E-state index is 11.8. The van der Waals surface area contributed by atoms with Crippen LogP contribution in [-0.4, -0.2) is 38.2 Å². The Kier molecular flexibility index (Phi) is 18.8. The highest BCUT2D eigenvalue weighted by molar-refractivity contribution is 5.77. The number of carbonyl (C=O) groups excluding carboxylic acids is 2. The molecular weight excluding hydrogens is 438 g/mol. The summed E-state index contributed by atoms with van der Waals surface area (Å²) in [7, 11) is 3.45. The SMILES string of the molecule is CCCCCCCCCCCCCCCCCCN(C=O)c1ccccc1COC(=O)NN(C)C. The molecule has 0 aliphatic rings. The third-order valence-electron chi connectivity index (χ3n) is 6.35. The van der Waals surface area contributed by atoms with Crippen molar-refractivity contribution in [1.82, 2.24) is 10.4 Å². The van der Waals surface area contributed by atoms with Crippen LogP contribution in [0.25, 0.3) is 0 Å². The second-order valence-electron chi connectivity index (χ2n) is 9.81. The van der Waals surface area contributed by atoms with Crippen LogP contribution < -0.4 is 10.3 Å². The highest BCUT2D eigenvalue weighted by Crippen LogP contribution is 2.21. The molecule has 0 aromatic heterocycles. The van der Waals surface area contributed by atoms with Crippen LogP contribution in [0.4, 0.5) is 10.5 Å². The molecule has 1 aromatic carbocycles. The molecule has 2 amide bonds. The van der Waals surface area contributed by atoms with Gasteiger partial charge in [0.15, 0.2) is 0 Å². The molecule has 1 aromatic rings. The predicted octanol–water partition coefficient (Wildman–Crippen LogP) is 7.61. The first-order valence-corrected chi connectivity index (χ1v) is 14.0. The van der Waals surface area contributed by atoms with Crippen LogP contribution in [0.3, 0.4) is 0 Å². The number of amides is 2. The summed E-state index contributed by atoms with van der Waals surface area (Å²) in [5, 5.41) is 1.53. The minimum absolute atomic E-state index is 0.124. The minimum atomic E-state index is -0.514. The van der Waals surface area contributed by atoms with Gasteiger partial charge in [-0.3, -0.25) is 10.2 Å². The van der Waals surface area contributed by atoms with Crippen LogP contribution in [0, 0.1) is 0 Å². The van der Waals surface area contributed by atoms with E-state index < -0.39 is 6.09 Å². The van der Waals surface area contributed by atoms with Crippen molar-refractivity contribution in [3.63, 3.8) is 0 Å². The van der Waals surface area contributed by atoms with Crippen molar-refractivity contribution in [2.75, 3.05) is 25.5 Å². The van der Waals surface area contributed by atoms with Gasteiger partial charge >= 0.3 is 6.09 Å². The van der Waals surface area contributed by atoms with Crippen LogP contribution in [0.5, 0.6) is 0 Å². The summed E-state index contributed by atoms with van der Waals surface area (Å²) in [5.41, 5.74) is 4.18. The zero-order chi connectivity index (χ0) is 25.6. The summed E-state index contributed by atoms with van der Waals surface area (Å²) in [4.78, 5) is 25.2. The summed E-state index contributed by atoms with van der Waals surface area (Å²) < 4.78 is 5.27. The molecule has 6 nitrogen and oxygen atoms in total. The second kappa shape index (κ2) is 21.2. The summed E-state index contributed by atoms with van der Waals surface area (Å²) in [5.74, 6) is 0. The second-order valence-corrected chi connectivity index (χ2v) is 9.81. The fourth-order valence-electron chi connectivity index (χ4n) is 4.33. The Hall–Kier alpha value is -2.08. The predicted molar refractivity (Wildman–Crippen MR) is 146 cm³/mol. The largest absolute Gasteiger partial charge is 0.444 e. The van der Waals surface area contributed by atoms with E-state index in [1.807, 2.05) is 24.3 Å². The van der Waals surface area contributed by atoms with Crippen LogP contribution in [-0.2, 0) is 16.1 Å². The first kappa shape index (κ1) is 31.0. The Labute approximate surface area is 214 Å². The van der Waals surface area contributed by atoms with Crippen molar-refractivity contribution in [3.05, 3.63) is 29.8 Å². The van der Waals surface area contributed by atoms with E-state index in [0.717, 1.165) is 30.5 Å². The molecule has 0 aliphatic carbocycles. The molecular formula is C29H51N3O3. The molecule has 0 saturated heterocycles. The smallest absolute Gasteiger partial charge is 0.422 e. The number of carbonyl (C=O) groups is 2. The zero-order valence-corrected chi connectivity index (χ0v) is 22.7. The van der Waals surface area contributed by atoms with E-state index >= 15 is 0 Å². The van der Waals surface area contributed by atoms with Crippen LogP contribution in [0.2, 0.25) is 0 Å². The van der Waals surface area contributed by atoms with Crippen molar-refractivity contribution >= 4 is 18.2 Å². The first-order valence-electron chi connectivity index (χ1n) is 14.0. The lowest BCUT2D eigenvalue weighted by molar-refractivity contribution is -0.107. The summed E-state index contributed by atoms with van der Waals surface area (Å²) >= 11 is 0. The Morgan fingerprint density at radius 1 is 0.800 bits per heavy atom. The first-order chi connectivity index (χ1) is 17.1. The van der Waals surface area contributed by atoms with Gasteiger partial charge < -0.3 is 9.64 Å². The van der Waals surface area contributed by atoms with E-state index in [9.17, 15) is 9.59 Å². The quantitative estimate of drug-likeness (QED) is 0.103. The van der Waals surface area contributed by atoms with E-state index in [2.05, 4.69) is 12.3 Å². The van der Waals surface area contributed by atoms with Gasteiger partial charge in [-0.2, -0.15) is 0 Å². The van der Waals surface area contributed by atoms with Gasteiger partial charge in [-0.05, 0) is 12.5 Å². The van der Waals surface area contributed by atoms with Gasteiger partial charge in [0.25, 0.3) is 0 Å². The monoisotopic (exact) mass is 489 g/mol. The minimum Gasteiger partial charge on any atom is -0.444 e. The van der Waals surface area contributed by atoms with Gasteiger partial charge in [0.1, 0.15) is 6.61 Å².